The zero-order valence-corrected chi connectivity index (χ0v) is 12.0. The highest BCUT2D eigenvalue weighted by Gasteiger charge is 2.24. The van der Waals surface area contributed by atoms with Gasteiger partial charge in [-0.2, -0.15) is 0 Å². The number of rotatable bonds is 3. The van der Waals surface area contributed by atoms with Gasteiger partial charge < -0.3 is 10.6 Å². The van der Waals surface area contributed by atoms with E-state index in [0.29, 0.717) is 11.0 Å². The molecule has 3 heteroatoms. The second kappa shape index (κ2) is 6.02. The van der Waals surface area contributed by atoms with Gasteiger partial charge in [0.25, 0.3) is 0 Å². The molecule has 0 saturated carbocycles. The van der Waals surface area contributed by atoms with Gasteiger partial charge in [-0.05, 0) is 43.8 Å². The number of halogens is 1. The minimum absolute atomic E-state index is 0.190. The van der Waals surface area contributed by atoms with Crippen molar-refractivity contribution >= 4 is 0 Å². The molecule has 1 saturated heterocycles. The Balaban J connectivity index is 1.96. The van der Waals surface area contributed by atoms with Crippen LogP contribution in [0.25, 0.3) is 0 Å². The lowest BCUT2D eigenvalue weighted by Gasteiger charge is -2.25. The molecule has 19 heavy (non-hydrogen) atoms. The molecular weight excluding hydrogens is 239 g/mol. The van der Waals surface area contributed by atoms with Gasteiger partial charge in [-0.1, -0.05) is 32.0 Å². The van der Waals surface area contributed by atoms with Crippen molar-refractivity contribution in [3.05, 3.63) is 35.6 Å². The van der Waals surface area contributed by atoms with Gasteiger partial charge >= 0.3 is 0 Å². The molecule has 0 aliphatic carbocycles. The lowest BCUT2D eigenvalue weighted by atomic mass is 9.85. The van der Waals surface area contributed by atoms with Crippen LogP contribution in [0.1, 0.15) is 44.7 Å². The van der Waals surface area contributed by atoms with Crippen LogP contribution in [0, 0.1) is 11.2 Å². The van der Waals surface area contributed by atoms with E-state index in [-0.39, 0.29) is 11.9 Å². The molecule has 0 radical (unpaired) electrons. The highest BCUT2D eigenvalue weighted by atomic mass is 19.1. The first kappa shape index (κ1) is 14.5. The molecule has 1 aliphatic heterocycles. The molecule has 1 atom stereocenters. The van der Waals surface area contributed by atoms with Crippen LogP contribution in [0.2, 0.25) is 0 Å². The topological polar surface area (TPSA) is 29.3 Å². The van der Waals surface area contributed by atoms with Crippen molar-refractivity contribution in [2.24, 2.45) is 11.1 Å². The SMILES string of the molecule is CC1(C)CCCN(CC(N)c2ccccc2F)CC1. The van der Waals surface area contributed by atoms with Crippen LogP contribution in [0.5, 0.6) is 0 Å². The Labute approximate surface area is 115 Å². The summed E-state index contributed by atoms with van der Waals surface area (Å²) in [7, 11) is 0. The summed E-state index contributed by atoms with van der Waals surface area (Å²) in [5.41, 5.74) is 7.22. The maximum atomic E-state index is 13.7. The normalized spacial score (nSPS) is 21.9. The minimum atomic E-state index is -0.234. The van der Waals surface area contributed by atoms with Crippen molar-refractivity contribution in [2.75, 3.05) is 19.6 Å². The molecule has 2 rings (SSSR count). The largest absolute Gasteiger partial charge is 0.323 e. The predicted molar refractivity (Wildman–Crippen MR) is 77.4 cm³/mol. The van der Waals surface area contributed by atoms with E-state index in [1.165, 1.54) is 25.3 Å². The van der Waals surface area contributed by atoms with Crippen molar-refractivity contribution in [3.63, 3.8) is 0 Å². The van der Waals surface area contributed by atoms with Gasteiger partial charge in [0.1, 0.15) is 5.82 Å². The fourth-order valence-corrected chi connectivity index (χ4v) is 2.81. The fourth-order valence-electron chi connectivity index (χ4n) is 2.81. The van der Waals surface area contributed by atoms with E-state index in [1.807, 2.05) is 6.07 Å². The summed E-state index contributed by atoms with van der Waals surface area (Å²) < 4.78 is 13.7. The van der Waals surface area contributed by atoms with Crippen LogP contribution in [0.15, 0.2) is 24.3 Å². The van der Waals surface area contributed by atoms with E-state index in [0.717, 1.165) is 19.6 Å². The lowest BCUT2D eigenvalue weighted by Crippen LogP contribution is -2.33. The second-order valence-electron chi connectivity index (χ2n) is 6.45. The Kier molecular flexibility index (Phi) is 4.58. The van der Waals surface area contributed by atoms with Crippen LogP contribution in [-0.4, -0.2) is 24.5 Å². The zero-order valence-electron chi connectivity index (χ0n) is 12.0. The molecular formula is C16H25FN2. The van der Waals surface area contributed by atoms with Crippen LogP contribution in [0.3, 0.4) is 0 Å². The summed E-state index contributed by atoms with van der Waals surface area (Å²) in [6.07, 6.45) is 3.66. The van der Waals surface area contributed by atoms with Gasteiger partial charge in [-0.25, -0.2) is 4.39 Å². The van der Waals surface area contributed by atoms with Gasteiger partial charge in [0, 0.05) is 18.2 Å². The molecule has 0 amide bonds. The maximum absolute atomic E-state index is 13.7. The number of benzene rings is 1. The molecule has 0 aromatic heterocycles. The summed E-state index contributed by atoms with van der Waals surface area (Å²) in [5, 5.41) is 0. The van der Waals surface area contributed by atoms with Gasteiger partial charge in [0.15, 0.2) is 0 Å². The van der Waals surface area contributed by atoms with Gasteiger partial charge in [0.05, 0.1) is 0 Å². The summed E-state index contributed by atoms with van der Waals surface area (Å²) in [4.78, 5) is 2.38. The quantitative estimate of drug-likeness (QED) is 0.907. The fraction of sp³-hybridized carbons (Fsp3) is 0.625. The van der Waals surface area contributed by atoms with E-state index in [4.69, 9.17) is 5.73 Å². The average Bonchev–Trinajstić information content (AvgIpc) is 2.51. The highest BCUT2D eigenvalue weighted by molar-refractivity contribution is 5.21. The summed E-state index contributed by atoms with van der Waals surface area (Å²) in [5.74, 6) is -0.190. The van der Waals surface area contributed by atoms with E-state index >= 15 is 0 Å². The first-order valence-corrected chi connectivity index (χ1v) is 7.20. The minimum Gasteiger partial charge on any atom is -0.323 e. The summed E-state index contributed by atoms with van der Waals surface area (Å²) >= 11 is 0. The van der Waals surface area contributed by atoms with Crippen LogP contribution in [-0.2, 0) is 0 Å². The lowest BCUT2D eigenvalue weighted by molar-refractivity contribution is 0.248. The smallest absolute Gasteiger partial charge is 0.128 e. The molecule has 2 N–H and O–H groups in total. The molecule has 0 spiro atoms. The van der Waals surface area contributed by atoms with E-state index in [2.05, 4.69) is 18.7 Å². The molecule has 1 unspecified atom stereocenters. The maximum Gasteiger partial charge on any atom is 0.128 e. The van der Waals surface area contributed by atoms with E-state index in [9.17, 15) is 4.39 Å². The van der Waals surface area contributed by atoms with Crippen molar-refractivity contribution in [2.45, 2.75) is 39.2 Å². The molecule has 1 aliphatic rings. The molecule has 1 aromatic rings. The first-order valence-electron chi connectivity index (χ1n) is 7.20. The molecule has 1 fully saturated rings. The highest BCUT2D eigenvalue weighted by Crippen LogP contribution is 2.30. The van der Waals surface area contributed by atoms with Crippen molar-refractivity contribution in [1.82, 2.24) is 4.90 Å². The van der Waals surface area contributed by atoms with E-state index in [1.54, 1.807) is 12.1 Å². The predicted octanol–water partition coefficient (Wildman–Crippen LogP) is 3.34. The van der Waals surface area contributed by atoms with E-state index < -0.39 is 0 Å². The molecule has 1 heterocycles. The summed E-state index contributed by atoms with van der Waals surface area (Å²) in [6, 6.07) is 6.61. The zero-order chi connectivity index (χ0) is 13.9. The van der Waals surface area contributed by atoms with Crippen LogP contribution < -0.4 is 5.73 Å². The molecule has 106 valence electrons. The Hall–Kier alpha value is -0.930. The third-order valence-corrected chi connectivity index (χ3v) is 4.19. The molecule has 1 aromatic carbocycles. The third kappa shape index (κ3) is 4.02. The number of hydrogen-bond acceptors (Lipinski definition) is 2. The number of nitrogens with zero attached hydrogens (tertiary/aromatic N) is 1. The monoisotopic (exact) mass is 264 g/mol. The van der Waals surface area contributed by atoms with Crippen molar-refractivity contribution in [1.29, 1.82) is 0 Å². The Bertz CT molecular complexity index is 417. The van der Waals surface area contributed by atoms with Gasteiger partial charge in [-0.15, -0.1) is 0 Å². The van der Waals surface area contributed by atoms with Crippen LogP contribution >= 0.6 is 0 Å². The third-order valence-electron chi connectivity index (χ3n) is 4.19. The number of hydrogen-bond donors (Lipinski definition) is 1. The standard InChI is InChI=1S/C16H25FN2/c1-16(2)8-5-10-19(11-9-16)12-15(18)13-6-3-4-7-14(13)17/h3-4,6-7,15H,5,8-12,18H2,1-2H3. The second-order valence-corrected chi connectivity index (χ2v) is 6.45. The molecule has 2 nitrogen and oxygen atoms in total. The Morgan fingerprint density at radius 2 is 2.00 bits per heavy atom. The van der Waals surface area contributed by atoms with Crippen LogP contribution in [0.4, 0.5) is 4.39 Å². The van der Waals surface area contributed by atoms with Crippen molar-refractivity contribution in [3.8, 4) is 0 Å². The van der Waals surface area contributed by atoms with Gasteiger partial charge in [-0.3, -0.25) is 0 Å². The number of nitrogens with two attached hydrogens (primary N) is 1. The Morgan fingerprint density at radius 1 is 1.26 bits per heavy atom. The first-order chi connectivity index (χ1) is 8.98. The average molecular weight is 264 g/mol. The number of likely N-dealkylation sites (tertiary alicyclic amines) is 1. The molecule has 0 bridgehead atoms. The van der Waals surface area contributed by atoms with Crippen molar-refractivity contribution < 1.29 is 4.39 Å². The summed E-state index contributed by atoms with van der Waals surface area (Å²) in [6.45, 7) is 7.54. The van der Waals surface area contributed by atoms with Gasteiger partial charge in [0.2, 0.25) is 0 Å². The Morgan fingerprint density at radius 3 is 2.74 bits per heavy atom.